The van der Waals surface area contributed by atoms with Crippen molar-refractivity contribution in [1.29, 1.82) is 0 Å². The van der Waals surface area contributed by atoms with Crippen LogP contribution < -0.4 is 0 Å². The van der Waals surface area contributed by atoms with Crippen LogP contribution >= 0.6 is 22.9 Å². The number of fused-ring (bicyclic) bond motifs is 1. The number of amides is 1. The molecule has 1 aliphatic rings. The van der Waals surface area contributed by atoms with Crippen LogP contribution in [0.5, 0.6) is 0 Å². The average Bonchev–Trinajstić information content (AvgIpc) is 3.07. The highest BCUT2D eigenvalue weighted by Crippen LogP contribution is 2.25. The molecule has 1 saturated heterocycles. The summed E-state index contributed by atoms with van der Waals surface area (Å²) >= 11 is 7.61. The monoisotopic (exact) mass is 379 g/mol. The van der Waals surface area contributed by atoms with Crippen LogP contribution in [0.2, 0.25) is 5.15 Å². The third-order valence-electron chi connectivity index (χ3n) is 3.45. The van der Waals surface area contributed by atoms with Gasteiger partial charge in [0.05, 0.1) is 32.9 Å². The first-order valence-electron chi connectivity index (χ1n) is 7.16. The normalized spacial score (nSPS) is 16.7. The molecular formula is C13H16ClF2N5O2S. The zero-order valence-corrected chi connectivity index (χ0v) is 14.7. The molecule has 0 aromatic carbocycles. The smallest absolute Gasteiger partial charge is 0.257 e. The van der Waals surface area contributed by atoms with E-state index >= 15 is 0 Å². The van der Waals surface area contributed by atoms with E-state index in [1.807, 2.05) is 0 Å². The molecule has 24 heavy (non-hydrogen) atoms. The maximum atomic E-state index is 13.1. The molecule has 0 radical (unpaired) electrons. The van der Waals surface area contributed by atoms with Crippen LogP contribution in [0.25, 0.3) is 4.96 Å². The second-order valence-corrected chi connectivity index (χ2v) is 7.16. The number of imidazole rings is 1. The van der Waals surface area contributed by atoms with Gasteiger partial charge < -0.3 is 9.64 Å². The number of aromatic nitrogens is 3. The van der Waals surface area contributed by atoms with Crippen molar-refractivity contribution in [2.24, 2.45) is 0 Å². The SMILES string of the molecule is COCc1nn2c(Cl)c(CN3CN(CC(C)(F)F)CC3=O)nc2s1. The van der Waals surface area contributed by atoms with Gasteiger partial charge in [0.1, 0.15) is 10.7 Å². The van der Waals surface area contributed by atoms with Gasteiger partial charge in [-0.05, 0) is 0 Å². The fourth-order valence-electron chi connectivity index (χ4n) is 2.57. The van der Waals surface area contributed by atoms with Gasteiger partial charge in [-0.2, -0.15) is 9.61 Å². The molecule has 1 fully saturated rings. The number of halogens is 3. The number of methoxy groups -OCH3 is 1. The number of ether oxygens (including phenoxy) is 1. The van der Waals surface area contributed by atoms with E-state index in [0.717, 1.165) is 11.9 Å². The molecule has 3 heterocycles. The second kappa shape index (κ2) is 6.51. The van der Waals surface area contributed by atoms with Crippen molar-refractivity contribution in [2.75, 3.05) is 26.9 Å². The van der Waals surface area contributed by atoms with Crippen LogP contribution in [0.3, 0.4) is 0 Å². The molecule has 7 nitrogen and oxygen atoms in total. The summed E-state index contributed by atoms with van der Waals surface area (Å²) in [5, 5.41) is 5.34. The summed E-state index contributed by atoms with van der Waals surface area (Å²) in [5.41, 5.74) is 0.498. The predicted molar refractivity (Wildman–Crippen MR) is 84.2 cm³/mol. The topological polar surface area (TPSA) is 63.0 Å². The van der Waals surface area contributed by atoms with E-state index in [9.17, 15) is 13.6 Å². The Morgan fingerprint density at radius 1 is 1.46 bits per heavy atom. The zero-order chi connectivity index (χ0) is 17.5. The maximum Gasteiger partial charge on any atom is 0.257 e. The quantitative estimate of drug-likeness (QED) is 0.766. The summed E-state index contributed by atoms with van der Waals surface area (Å²) in [6.07, 6.45) is 0. The van der Waals surface area contributed by atoms with Crippen molar-refractivity contribution in [1.82, 2.24) is 24.4 Å². The molecule has 2 aromatic rings. The van der Waals surface area contributed by atoms with Gasteiger partial charge in [-0.25, -0.2) is 13.8 Å². The number of rotatable bonds is 6. The van der Waals surface area contributed by atoms with Gasteiger partial charge in [-0.3, -0.25) is 9.69 Å². The van der Waals surface area contributed by atoms with Crippen LogP contribution in [0.15, 0.2) is 0 Å². The molecule has 0 N–H and O–H groups in total. The lowest BCUT2D eigenvalue weighted by atomic mass is 10.3. The van der Waals surface area contributed by atoms with Crippen molar-refractivity contribution in [2.45, 2.75) is 26.0 Å². The van der Waals surface area contributed by atoms with Gasteiger partial charge in [0.2, 0.25) is 10.9 Å². The minimum Gasteiger partial charge on any atom is -0.377 e. The highest BCUT2D eigenvalue weighted by Gasteiger charge is 2.34. The summed E-state index contributed by atoms with van der Waals surface area (Å²) in [6, 6.07) is 0. The molecule has 11 heteroatoms. The Hall–Kier alpha value is -1.36. The summed E-state index contributed by atoms with van der Waals surface area (Å²) in [4.78, 5) is 19.9. The largest absolute Gasteiger partial charge is 0.377 e. The molecule has 1 aliphatic heterocycles. The van der Waals surface area contributed by atoms with Crippen LogP contribution in [0.4, 0.5) is 8.78 Å². The van der Waals surface area contributed by atoms with Crippen LogP contribution in [-0.2, 0) is 22.7 Å². The number of alkyl halides is 2. The summed E-state index contributed by atoms with van der Waals surface area (Å²) < 4.78 is 32.7. The molecule has 0 unspecified atom stereocenters. The van der Waals surface area contributed by atoms with Crippen LogP contribution in [-0.4, -0.2) is 63.1 Å². The lowest BCUT2D eigenvalue weighted by molar-refractivity contribution is -0.127. The van der Waals surface area contributed by atoms with E-state index in [0.29, 0.717) is 22.4 Å². The van der Waals surface area contributed by atoms with Gasteiger partial charge >= 0.3 is 0 Å². The lowest BCUT2D eigenvalue weighted by Gasteiger charge is -2.20. The first kappa shape index (κ1) is 17.5. The lowest BCUT2D eigenvalue weighted by Crippen LogP contribution is -2.34. The Labute approximate surface area is 145 Å². The standard InChI is InChI=1S/C13H16ClF2N5O2S/c1-13(15,16)6-19-4-10(22)20(7-19)3-8-11(14)21-12(17-8)24-9(18-21)5-23-2/h3-7H2,1-2H3. The van der Waals surface area contributed by atoms with E-state index < -0.39 is 12.5 Å². The van der Waals surface area contributed by atoms with Gasteiger partial charge in [0.15, 0.2) is 5.15 Å². The number of nitrogens with zero attached hydrogens (tertiary/aromatic N) is 5. The van der Waals surface area contributed by atoms with Crippen molar-refractivity contribution in [3.63, 3.8) is 0 Å². The highest BCUT2D eigenvalue weighted by molar-refractivity contribution is 7.16. The second-order valence-electron chi connectivity index (χ2n) is 5.76. The van der Waals surface area contributed by atoms with Gasteiger partial charge in [0, 0.05) is 14.0 Å². The molecule has 132 valence electrons. The molecule has 0 aliphatic carbocycles. The summed E-state index contributed by atoms with van der Waals surface area (Å²) in [5.74, 6) is -3.06. The van der Waals surface area contributed by atoms with E-state index in [2.05, 4.69) is 10.1 Å². The van der Waals surface area contributed by atoms with Gasteiger partial charge in [0.25, 0.3) is 5.92 Å². The third-order valence-corrected chi connectivity index (χ3v) is 4.71. The molecule has 0 bridgehead atoms. The van der Waals surface area contributed by atoms with Gasteiger partial charge in [-0.1, -0.05) is 22.9 Å². The average molecular weight is 380 g/mol. The molecule has 1 amide bonds. The Morgan fingerprint density at radius 2 is 2.21 bits per heavy atom. The Balaban J connectivity index is 1.72. The third kappa shape index (κ3) is 3.66. The molecule has 3 rings (SSSR count). The number of hydrogen-bond donors (Lipinski definition) is 0. The predicted octanol–water partition coefficient (Wildman–Crippen LogP) is 1.85. The first-order valence-corrected chi connectivity index (χ1v) is 8.36. The Bertz CT molecular complexity index is 759. The fourth-order valence-corrected chi connectivity index (χ4v) is 3.72. The van der Waals surface area contributed by atoms with Crippen molar-refractivity contribution in [3.05, 3.63) is 15.9 Å². The van der Waals surface area contributed by atoms with E-state index in [4.69, 9.17) is 16.3 Å². The highest BCUT2D eigenvalue weighted by atomic mass is 35.5. The van der Waals surface area contributed by atoms with Crippen molar-refractivity contribution < 1.29 is 18.3 Å². The zero-order valence-electron chi connectivity index (χ0n) is 13.1. The van der Waals surface area contributed by atoms with E-state index in [1.165, 1.54) is 25.7 Å². The maximum absolute atomic E-state index is 13.1. The fraction of sp³-hybridized carbons (Fsp3) is 0.615. The summed E-state index contributed by atoms with van der Waals surface area (Å²) in [7, 11) is 1.57. The van der Waals surface area contributed by atoms with Crippen LogP contribution in [0.1, 0.15) is 17.6 Å². The van der Waals surface area contributed by atoms with Crippen molar-refractivity contribution >= 4 is 33.8 Å². The van der Waals surface area contributed by atoms with Crippen molar-refractivity contribution in [3.8, 4) is 0 Å². The Kier molecular flexibility index (Phi) is 4.73. The molecule has 0 saturated carbocycles. The van der Waals surface area contributed by atoms with Gasteiger partial charge in [-0.15, -0.1) is 0 Å². The molecular weight excluding hydrogens is 364 g/mol. The summed E-state index contributed by atoms with van der Waals surface area (Å²) in [6.45, 7) is 1.02. The molecule has 0 spiro atoms. The minimum absolute atomic E-state index is 0.0283. The van der Waals surface area contributed by atoms with E-state index in [-0.39, 0.29) is 25.7 Å². The minimum atomic E-state index is -2.84. The number of hydrogen-bond acceptors (Lipinski definition) is 6. The Morgan fingerprint density at radius 3 is 2.83 bits per heavy atom. The van der Waals surface area contributed by atoms with E-state index in [1.54, 1.807) is 7.11 Å². The number of carbonyl (C=O) groups is 1. The molecule has 2 aromatic heterocycles. The first-order chi connectivity index (χ1) is 11.3. The van der Waals surface area contributed by atoms with Crippen LogP contribution in [0, 0.1) is 0 Å². The molecule has 0 atom stereocenters. The number of carbonyl (C=O) groups excluding carboxylic acids is 1.